The highest BCUT2D eigenvalue weighted by molar-refractivity contribution is 6.06. The van der Waals surface area contributed by atoms with Crippen LogP contribution in [-0.2, 0) is 9.53 Å². The average molecular weight is 623 g/mol. The second kappa shape index (κ2) is 14.3. The molecule has 1 atom stereocenters. The molecule has 240 valence electrons. The lowest BCUT2D eigenvalue weighted by molar-refractivity contribution is -0.114. The lowest BCUT2D eigenvalue weighted by Crippen LogP contribution is -2.37. The second-order valence-electron chi connectivity index (χ2n) is 12.2. The van der Waals surface area contributed by atoms with Gasteiger partial charge in [-0.2, -0.15) is 0 Å². The van der Waals surface area contributed by atoms with Crippen molar-refractivity contribution in [3.63, 3.8) is 0 Å². The summed E-state index contributed by atoms with van der Waals surface area (Å²) in [4.78, 5) is 37.0. The Hall–Kier alpha value is -4.54. The smallest absolute Gasteiger partial charge is 0.255 e. The van der Waals surface area contributed by atoms with E-state index in [1.54, 1.807) is 18.2 Å². The lowest BCUT2D eigenvalue weighted by Gasteiger charge is -2.26. The van der Waals surface area contributed by atoms with E-state index in [0.29, 0.717) is 34.6 Å². The Kier molecular flexibility index (Phi) is 9.75. The highest BCUT2D eigenvalue weighted by atomic mass is 16.5. The first-order valence-electron chi connectivity index (χ1n) is 16.1. The maximum Gasteiger partial charge on any atom is 0.255 e. The van der Waals surface area contributed by atoms with Gasteiger partial charge in [0, 0.05) is 49.4 Å². The van der Waals surface area contributed by atoms with E-state index >= 15 is 0 Å². The molecule has 3 aromatic carbocycles. The first kappa shape index (κ1) is 31.4. The average Bonchev–Trinajstić information content (AvgIpc) is 3.91. The molecule has 0 spiro atoms. The molecule has 2 aliphatic rings. The number of ether oxygens (including phenoxy) is 2. The quantitative estimate of drug-likeness (QED) is 0.162. The van der Waals surface area contributed by atoms with Gasteiger partial charge in [0.15, 0.2) is 0 Å². The molecule has 10 heteroatoms. The van der Waals surface area contributed by atoms with Crippen LogP contribution in [0.2, 0.25) is 0 Å². The number of hydrogen-bond donors (Lipinski definition) is 3. The van der Waals surface area contributed by atoms with Crippen LogP contribution in [0.1, 0.15) is 49.0 Å². The summed E-state index contributed by atoms with van der Waals surface area (Å²) in [6.07, 6.45) is 5.23. The van der Waals surface area contributed by atoms with Gasteiger partial charge in [0.1, 0.15) is 5.75 Å². The van der Waals surface area contributed by atoms with Crippen LogP contribution in [0.25, 0.3) is 22.0 Å². The Labute approximate surface area is 269 Å². The molecule has 46 heavy (non-hydrogen) atoms. The summed E-state index contributed by atoms with van der Waals surface area (Å²) in [5.74, 6) is 1.31. The standard InChI is InChI=1S/C36H42N6O4/c1-23-5-6-28(35(44)40-30-10-12-34(33(21-30)39-25(3)43)46-24(2)26-7-8-26)20-31(23)27-9-11-32-29(19-27)22-38-36(41-32)37-13-4-14-42-15-17-45-18-16-42/h5-6,9-12,19-22,24,26H,4,7-8,13-18H2,1-3H3,(H,39,43)(H,40,44)(H,37,38,41). The van der Waals surface area contributed by atoms with Crippen molar-refractivity contribution >= 4 is 40.0 Å². The van der Waals surface area contributed by atoms with Gasteiger partial charge in [-0.15, -0.1) is 0 Å². The van der Waals surface area contributed by atoms with Crippen molar-refractivity contribution < 1.29 is 19.1 Å². The molecule has 10 nitrogen and oxygen atoms in total. The van der Waals surface area contributed by atoms with Gasteiger partial charge in [0.05, 0.1) is 30.5 Å². The van der Waals surface area contributed by atoms with Crippen LogP contribution < -0.4 is 20.7 Å². The molecule has 1 unspecified atom stereocenters. The molecule has 1 aliphatic carbocycles. The molecule has 2 heterocycles. The third-order valence-electron chi connectivity index (χ3n) is 8.58. The van der Waals surface area contributed by atoms with E-state index in [1.165, 1.54) is 6.92 Å². The Morgan fingerprint density at radius 3 is 2.65 bits per heavy atom. The number of morpholine rings is 1. The van der Waals surface area contributed by atoms with Crippen LogP contribution in [0, 0.1) is 12.8 Å². The Bertz CT molecular complexity index is 1720. The first-order valence-corrected chi connectivity index (χ1v) is 16.1. The first-order chi connectivity index (χ1) is 22.3. The number of amides is 2. The fraction of sp³-hybridized carbons (Fsp3) is 0.389. The van der Waals surface area contributed by atoms with Crippen molar-refractivity contribution in [2.24, 2.45) is 5.92 Å². The summed E-state index contributed by atoms with van der Waals surface area (Å²) in [5.41, 5.74) is 5.47. The summed E-state index contributed by atoms with van der Waals surface area (Å²) < 4.78 is 11.5. The van der Waals surface area contributed by atoms with Crippen molar-refractivity contribution in [3.05, 3.63) is 71.9 Å². The SMILES string of the molecule is CC(=O)Nc1cc(NC(=O)c2ccc(C)c(-c3ccc4nc(NCCCN5CCOCC5)ncc4c3)c2)ccc1OC(C)C1CC1. The number of anilines is 3. The van der Waals surface area contributed by atoms with E-state index in [1.807, 2.05) is 50.4 Å². The van der Waals surface area contributed by atoms with Crippen LogP contribution in [0.4, 0.5) is 17.3 Å². The number of carbonyl (C=O) groups is 2. The van der Waals surface area contributed by atoms with Gasteiger partial charge in [-0.3, -0.25) is 14.5 Å². The molecule has 4 aromatic rings. The number of nitrogens with zero attached hydrogens (tertiary/aromatic N) is 3. The molecule has 1 aliphatic heterocycles. The molecule has 0 radical (unpaired) electrons. The third-order valence-corrected chi connectivity index (χ3v) is 8.58. The second-order valence-corrected chi connectivity index (χ2v) is 12.2. The van der Waals surface area contributed by atoms with Crippen molar-refractivity contribution in [1.82, 2.24) is 14.9 Å². The third kappa shape index (κ3) is 7.99. The predicted molar refractivity (Wildman–Crippen MR) is 182 cm³/mol. The molecule has 2 fully saturated rings. The number of fused-ring (bicyclic) bond motifs is 1. The van der Waals surface area contributed by atoms with Crippen LogP contribution in [-0.4, -0.2) is 72.2 Å². The minimum Gasteiger partial charge on any atom is -0.488 e. The van der Waals surface area contributed by atoms with Crippen LogP contribution in [0.15, 0.2) is 60.8 Å². The zero-order valence-corrected chi connectivity index (χ0v) is 26.8. The maximum atomic E-state index is 13.4. The number of aromatic nitrogens is 2. The van der Waals surface area contributed by atoms with Crippen LogP contribution in [0.3, 0.4) is 0 Å². The van der Waals surface area contributed by atoms with Gasteiger partial charge < -0.3 is 25.4 Å². The molecule has 1 saturated heterocycles. The Balaban J connectivity index is 1.12. The molecular formula is C36H42N6O4. The topological polar surface area (TPSA) is 118 Å². The van der Waals surface area contributed by atoms with Gasteiger partial charge in [0.25, 0.3) is 5.91 Å². The molecule has 1 saturated carbocycles. The zero-order chi connectivity index (χ0) is 32.0. The van der Waals surface area contributed by atoms with E-state index in [4.69, 9.17) is 14.5 Å². The van der Waals surface area contributed by atoms with E-state index in [2.05, 4.69) is 31.9 Å². The predicted octanol–water partition coefficient (Wildman–Crippen LogP) is 6.13. The number of rotatable bonds is 12. The number of aryl methyl sites for hydroxylation is 1. The van der Waals surface area contributed by atoms with E-state index < -0.39 is 0 Å². The number of benzene rings is 3. The maximum absolute atomic E-state index is 13.4. The molecule has 3 N–H and O–H groups in total. The molecular weight excluding hydrogens is 580 g/mol. The number of nitrogens with one attached hydrogen (secondary N) is 3. The summed E-state index contributed by atoms with van der Waals surface area (Å²) in [7, 11) is 0. The van der Waals surface area contributed by atoms with Crippen molar-refractivity contribution in [2.45, 2.75) is 46.1 Å². The van der Waals surface area contributed by atoms with E-state index in [0.717, 1.165) is 86.2 Å². The van der Waals surface area contributed by atoms with Gasteiger partial charge in [0.2, 0.25) is 11.9 Å². The monoisotopic (exact) mass is 622 g/mol. The van der Waals surface area contributed by atoms with Crippen molar-refractivity contribution in [1.29, 1.82) is 0 Å². The van der Waals surface area contributed by atoms with Crippen molar-refractivity contribution in [3.8, 4) is 16.9 Å². The van der Waals surface area contributed by atoms with E-state index in [-0.39, 0.29) is 17.9 Å². The summed E-state index contributed by atoms with van der Waals surface area (Å²) >= 11 is 0. The fourth-order valence-electron chi connectivity index (χ4n) is 5.75. The molecule has 0 bridgehead atoms. The minimum atomic E-state index is -0.247. The van der Waals surface area contributed by atoms with Crippen LogP contribution in [0.5, 0.6) is 5.75 Å². The number of carbonyl (C=O) groups excluding carboxylic acids is 2. The highest BCUT2D eigenvalue weighted by Crippen LogP contribution is 2.37. The number of hydrogen-bond acceptors (Lipinski definition) is 8. The normalized spacial score (nSPS) is 15.7. The Morgan fingerprint density at radius 2 is 1.87 bits per heavy atom. The van der Waals surface area contributed by atoms with Gasteiger partial charge in [-0.05, 0) is 105 Å². The summed E-state index contributed by atoms with van der Waals surface area (Å²) in [6, 6.07) is 17.1. The molecule has 2 amide bonds. The molecule has 1 aromatic heterocycles. The van der Waals surface area contributed by atoms with E-state index in [9.17, 15) is 9.59 Å². The largest absolute Gasteiger partial charge is 0.488 e. The Morgan fingerprint density at radius 1 is 1.04 bits per heavy atom. The van der Waals surface area contributed by atoms with Gasteiger partial charge in [-0.25, -0.2) is 9.97 Å². The lowest BCUT2D eigenvalue weighted by atomic mass is 9.97. The van der Waals surface area contributed by atoms with Crippen molar-refractivity contribution in [2.75, 3.05) is 55.3 Å². The minimum absolute atomic E-state index is 0.0649. The zero-order valence-electron chi connectivity index (χ0n) is 26.8. The van der Waals surface area contributed by atoms with Crippen LogP contribution >= 0.6 is 0 Å². The molecule has 6 rings (SSSR count). The van der Waals surface area contributed by atoms with Gasteiger partial charge >= 0.3 is 0 Å². The highest BCUT2D eigenvalue weighted by Gasteiger charge is 2.30. The van der Waals surface area contributed by atoms with Gasteiger partial charge in [-0.1, -0.05) is 12.1 Å². The summed E-state index contributed by atoms with van der Waals surface area (Å²) in [6.45, 7) is 11.0. The fourth-order valence-corrected chi connectivity index (χ4v) is 5.75. The summed E-state index contributed by atoms with van der Waals surface area (Å²) in [5, 5.41) is 10.1.